The summed E-state index contributed by atoms with van der Waals surface area (Å²) < 4.78 is 34.4. The number of benzene rings is 1. The van der Waals surface area contributed by atoms with E-state index < -0.39 is 6.61 Å². The highest BCUT2D eigenvalue weighted by molar-refractivity contribution is 5.62. The number of hydrogen-bond acceptors (Lipinski definition) is 5. The van der Waals surface area contributed by atoms with Crippen molar-refractivity contribution in [2.24, 2.45) is 0 Å². The Morgan fingerprint density at radius 2 is 2.20 bits per heavy atom. The normalized spacial score (nSPS) is 18.6. The lowest BCUT2D eigenvalue weighted by molar-refractivity contribution is -0.0495. The van der Waals surface area contributed by atoms with Gasteiger partial charge in [-0.05, 0) is 31.5 Å². The zero-order valence-corrected chi connectivity index (χ0v) is 10.6. The third kappa shape index (κ3) is 2.62. The maximum Gasteiger partial charge on any atom is 0.387 e. The molecule has 106 valence electrons. The van der Waals surface area contributed by atoms with Crippen molar-refractivity contribution < 1.29 is 18.0 Å². The molecule has 1 aliphatic rings. The van der Waals surface area contributed by atoms with Crippen LogP contribution in [-0.2, 0) is 0 Å². The Hall–Kier alpha value is -2.02. The monoisotopic (exact) mass is 281 g/mol. The van der Waals surface area contributed by atoms with Crippen LogP contribution in [0.3, 0.4) is 0 Å². The summed E-state index contributed by atoms with van der Waals surface area (Å²) in [6, 6.07) is 6.43. The molecule has 0 aliphatic carbocycles. The number of nitrogens with one attached hydrogen (secondary N) is 1. The van der Waals surface area contributed by atoms with E-state index in [4.69, 9.17) is 4.52 Å². The number of nitrogens with zero attached hydrogens (tertiary/aromatic N) is 2. The molecule has 0 bridgehead atoms. The number of hydrogen-bond donors (Lipinski definition) is 1. The summed E-state index contributed by atoms with van der Waals surface area (Å²) in [6.07, 6.45) is 1.99. The first-order chi connectivity index (χ1) is 9.74. The molecule has 1 aromatic carbocycles. The summed E-state index contributed by atoms with van der Waals surface area (Å²) in [4.78, 5) is 4.27. The van der Waals surface area contributed by atoms with Gasteiger partial charge < -0.3 is 14.6 Å². The third-order valence-corrected chi connectivity index (χ3v) is 3.15. The smallest absolute Gasteiger partial charge is 0.387 e. The molecule has 0 spiro atoms. The Kier molecular flexibility index (Phi) is 3.60. The van der Waals surface area contributed by atoms with Crippen molar-refractivity contribution in [1.82, 2.24) is 15.5 Å². The molecular weight excluding hydrogens is 268 g/mol. The van der Waals surface area contributed by atoms with E-state index in [1.54, 1.807) is 18.2 Å². The molecule has 0 amide bonds. The Bertz CT molecular complexity index is 583. The zero-order valence-electron chi connectivity index (χ0n) is 10.6. The number of rotatable bonds is 4. The number of para-hydroxylation sites is 1. The molecule has 1 aromatic heterocycles. The average Bonchev–Trinajstić information content (AvgIpc) is 3.10. The summed E-state index contributed by atoms with van der Waals surface area (Å²) in [5, 5.41) is 7.15. The van der Waals surface area contributed by atoms with Crippen LogP contribution < -0.4 is 10.1 Å². The first-order valence-electron chi connectivity index (χ1n) is 6.35. The molecule has 2 aromatic rings. The standard InChI is InChI=1S/C13H13F2N3O2/c14-13(15)19-10-6-2-1-4-8(10)12-17-11(18-20-12)9-5-3-7-16-9/h1-2,4,6,9,13,16H,3,5,7H2. The fraction of sp³-hybridized carbons (Fsp3) is 0.385. The lowest BCUT2D eigenvalue weighted by atomic mass is 10.2. The van der Waals surface area contributed by atoms with Crippen molar-refractivity contribution in [3.8, 4) is 17.2 Å². The lowest BCUT2D eigenvalue weighted by Gasteiger charge is -2.07. The van der Waals surface area contributed by atoms with Gasteiger partial charge in [0.25, 0.3) is 5.89 Å². The van der Waals surface area contributed by atoms with Gasteiger partial charge in [0.1, 0.15) is 5.75 Å². The molecule has 1 fully saturated rings. The molecule has 1 atom stereocenters. The fourth-order valence-corrected chi connectivity index (χ4v) is 2.23. The predicted molar refractivity (Wildman–Crippen MR) is 66.3 cm³/mol. The van der Waals surface area contributed by atoms with Crippen LogP contribution in [-0.4, -0.2) is 23.3 Å². The molecule has 1 saturated heterocycles. The van der Waals surface area contributed by atoms with Crippen LogP contribution in [0.1, 0.15) is 24.7 Å². The molecule has 0 radical (unpaired) electrons. The SMILES string of the molecule is FC(F)Oc1ccccc1-c1nc(C2CCCN2)no1. The van der Waals surface area contributed by atoms with Gasteiger partial charge in [-0.1, -0.05) is 17.3 Å². The molecule has 3 rings (SSSR count). The van der Waals surface area contributed by atoms with Gasteiger partial charge in [0.15, 0.2) is 5.82 Å². The molecular formula is C13H13F2N3O2. The fourth-order valence-electron chi connectivity index (χ4n) is 2.23. The van der Waals surface area contributed by atoms with Crippen LogP contribution in [0.5, 0.6) is 5.75 Å². The van der Waals surface area contributed by atoms with Crippen LogP contribution in [0.4, 0.5) is 8.78 Å². The van der Waals surface area contributed by atoms with Crippen molar-refractivity contribution in [2.45, 2.75) is 25.5 Å². The van der Waals surface area contributed by atoms with Gasteiger partial charge in [0.05, 0.1) is 11.6 Å². The number of alkyl halides is 2. The second-order valence-corrected chi connectivity index (χ2v) is 4.48. The van der Waals surface area contributed by atoms with Gasteiger partial charge in [-0.15, -0.1) is 0 Å². The first kappa shape index (κ1) is 13.0. The van der Waals surface area contributed by atoms with Gasteiger partial charge in [-0.25, -0.2) is 0 Å². The number of halogens is 2. The van der Waals surface area contributed by atoms with Crippen molar-refractivity contribution in [3.05, 3.63) is 30.1 Å². The second-order valence-electron chi connectivity index (χ2n) is 4.48. The molecule has 20 heavy (non-hydrogen) atoms. The quantitative estimate of drug-likeness (QED) is 0.933. The first-order valence-corrected chi connectivity index (χ1v) is 6.35. The summed E-state index contributed by atoms with van der Waals surface area (Å²) in [7, 11) is 0. The highest BCUT2D eigenvalue weighted by atomic mass is 19.3. The van der Waals surface area contributed by atoms with Gasteiger partial charge in [-0.2, -0.15) is 13.8 Å². The van der Waals surface area contributed by atoms with E-state index in [0.717, 1.165) is 19.4 Å². The number of aromatic nitrogens is 2. The highest BCUT2D eigenvalue weighted by Gasteiger charge is 2.23. The van der Waals surface area contributed by atoms with Crippen molar-refractivity contribution in [3.63, 3.8) is 0 Å². The summed E-state index contributed by atoms with van der Waals surface area (Å²) >= 11 is 0. The minimum absolute atomic E-state index is 0.0251. The summed E-state index contributed by atoms with van der Waals surface area (Å²) in [6.45, 7) is -1.98. The average molecular weight is 281 g/mol. The van der Waals surface area contributed by atoms with Gasteiger partial charge in [0.2, 0.25) is 0 Å². The molecule has 7 heteroatoms. The minimum atomic E-state index is -2.89. The van der Waals surface area contributed by atoms with Crippen LogP contribution in [0.15, 0.2) is 28.8 Å². The van der Waals surface area contributed by atoms with E-state index in [0.29, 0.717) is 11.4 Å². The van der Waals surface area contributed by atoms with Crippen LogP contribution in [0.2, 0.25) is 0 Å². The van der Waals surface area contributed by atoms with Gasteiger partial charge in [0, 0.05) is 0 Å². The Labute approximate surface area is 113 Å². The van der Waals surface area contributed by atoms with Gasteiger partial charge in [-0.3, -0.25) is 0 Å². The molecule has 5 nitrogen and oxygen atoms in total. The Morgan fingerprint density at radius 1 is 1.35 bits per heavy atom. The van der Waals surface area contributed by atoms with Crippen LogP contribution >= 0.6 is 0 Å². The molecule has 1 N–H and O–H groups in total. The highest BCUT2D eigenvalue weighted by Crippen LogP contribution is 2.31. The van der Waals surface area contributed by atoms with Crippen molar-refractivity contribution >= 4 is 0 Å². The lowest BCUT2D eigenvalue weighted by Crippen LogP contribution is -2.14. The van der Waals surface area contributed by atoms with Crippen LogP contribution in [0.25, 0.3) is 11.5 Å². The Morgan fingerprint density at radius 3 is 2.95 bits per heavy atom. The molecule has 1 unspecified atom stereocenters. The summed E-state index contributed by atoms with van der Waals surface area (Å²) in [5.74, 6) is 0.756. The molecule has 2 heterocycles. The Balaban J connectivity index is 1.89. The minimum Gasteiger partial charge on any atom is -0.434 e. The molecule has 1 aliphatic heterocycles. The second kappa shape index (κ2) is 5.54. The predicted octanol–water partition coefficient (Wildman–Crippen LogP) is 2.76. The van der Waals surface area contributed by atoms with Crippen molar-refractivity contribution in [2.75, 3.05) is 6.54 Å². The number of ether oxygens (including phenoxy) is 1. The van der Waals surface area contributed by atoms with E-state index in [9.17, 15) is 8.78 Å². The maximum atomic E-state index is 12.4. The van der Waals surface area contributed by atoms with E-state index >= 15 is 0 Å². The summed E-state index contributed by atoms with van der Waals surface area (Å²) in [5.41, 5.74) is 0.365. The topological polar surface area (TPSA) is 60.2 Å². The van der Waals surface area contributed by atoms with Crippen molar-refractivity contribution in [1.29, 1.82) is 0 Å². The van der Waals surface area contributed by atoms with Crippen LogP contribution in [0, 0.1) is 0 Å². The van der Waals surface area contributed by atoms with E-state index in [1.165, 1.54) is 6.07 Å². The zero-order chi connectivity index (χ0) is 13.9. The van der Waals surface area contributed by atoms with Gasteiger partial charge >= 0.3 is 6.61 Å². The third-order valence-electron chi connectivity index (χ3n) is 3.15. The van der Waals surface area contributed by atoms with E-state index in [2.05, 4.69) is 20.2 Å². The van der Waals surface area contributed by atoms with E-state index in [1.807, 2.05) is 0 Å². The van der Waals surface area contributed by atoms with E-state index in [-0.39, 0.29) is 17.7 Å². The largest absolute Gasteiger partial charge is 0.434 e. The maximum absolute atomic E-state index is 12.4. The molecule has 0 saturated carbocycles.